The minimum atomic E-state index is 0.190. The summed E-state index contributed by atoms with van der Waals surface area (Å²) in [6, 6.07) is 8.37. The lowest BCUT2D eigenvalue weighted by atomic mass is 9.74. The number of ether oxygens (including phenoxy) is 1. The van der Waals surface area contributed by atoms with Crippen molar-refractivity contribution in [1.29, 1.82) is 0 Å². The van der Waals surface area contributed by atoms with Gasteiger partial charge in [-0.1, -0.05) is 26.0 Å². The first-order chi connectivity index (χ1) is 14.1. The minimum absolute atomic E-state index is 0.190. The molecule has 7 heteroatoms. The van der Waals surface area contributed by atoms with Gasteiger partial charge in [-0.05, 0) is 30.4 Å². The molecule has 5 rings (SSSR count). The van der Waals surface area contributed by atoms with Crippen molar-refractivity contribution in [2.45, 2.75) is 39.3 Å². The zero-order valence-electron chi connectivity index (χ0n) is 17.1. The number of morpholine rings is 1. The summed E-state index contributed by atoms with van der Waals surface area (Å²) in [7, 11) is 0. The Kier molecular flexibility index (Phi) is 4.72. The van der Waals surface area contributed by atoms with Gasteiger partial charge < -0.3 is 19.9 Å². The van der Waals surface area contributed by atoms with Crippen LogP contribution in [0, 0.1) is 5.41 Å². The van der Waals surface area contributed by atoms with E-state index >= 15 is 0 Å². The van der Waals surface area contributed by atoms with Crippen molar-refractivity contribution in [2.75, 3.05) is 31.2 Å². The van der Waals surface area contributed by atoms with E-state index in [1.165, 1.54) is 11.3 Å². The topological polar surface area (TPSA) is 79.0 Å². The van der Waals surface area contributed by atoms with E-state index in [2.05, 4.69) is 35.1 Å². The summed E-state index contributed by atoms with van der Waals surface area (Å²) in [5.41, 5.74) is 4.66. The number of imidazole rings is 1. The van der Waals surface area contributed by atoms with Gasteiger partial charge in [-0.25, -0.2) is 15.0 Å². The maximum absolute atomic E-state index is 5.46. The van der Waals surface area contributed by atoms with E-state index in [1.54, 1.807) is 0 Å². The van der Waals surface area contributed by atoms with E-state index in [0.29, 0.717) is 6.54 Å². The molecule has 7 nitrogen and oxygen atoms in total. The minimum Gasteiger partial charge on any atom is -0.378 e. The van der Waals surface area contributed by atoms with Crippen molar-refractivity contribution < 1.29 is 4.74 Å². The van der Waals surface area contributed by atoms with Crippen molar-refractivity contribution >= 4 is 17.0 Å². The molecule has 2 N–H and O–H groups in total. The highest BCUT2D eigenvalue weighted by Gasteiger charge is 2.34. The average molecular weight is 393 g/mol. The third kappa shape index (κ3) is 3.84. The van der Waals surface area contributed by atoms with Crippen LogP contribution in [0.5, 0.6) is 0 Å². The van der Waals surface area contributed by atoms with Crippen molar-refractivity contribution in [2.24, 2.45) is 5.41 Å². The zero-order valence-corrected chi connectivity index (χ0v) is 17.1. The second-order valence-corrected chi connectivity index (χ2v) is 8.85. The van der Waals surface area contributed by atoms with Gasteiger partial charge in [-0.3, -0.25) is 0 Å². The Bertz CT molecular complexity index is 974. The molecule has 3 aromatic rings. The van der Waals surface area contributed by atoms with Gasteiger partial charge in [-0.15, -0.1) is 0 Å². The molecular weight excluding hydrogens is 364 g/mol. The number of fused-ring (bicyclic) bond motifs is 2. The number of para-hydroxylation sites is 2. The Labute approximate surface area is 170 Å². The molecule has 1 aliphatic heterocycles. The monoisotopic (exact) mass is 392 g/mol. The standard InChI is InChI=1S/C22H28N6O/c1-22(2)11-18(23-14-20-25-16-5-3-4-6-17(16)26-20)15-13-24-21(27-19(15)12-22)28-7-9-29-10-8-28/h3-6,13,18,23H,7-12,14H2,1-2H3,(H,25,26). The van der Waals surface area contributed by atoms with E-state index in [4.69, 9.17) is 19.7 Å². The second kappa shape index (κ2) is 7.39. The SMILES string of the molecule is CC1(C)Cc2nc(N3CCOCC3)ncc2C(NCc2nc3ccccc3[nH]2)C1. The number of anilines is 1. The van der Waals surface area contributed by atoms with Crippen molar-refractivity contribution in [1.82, 2.24) is 25.3 Å². The maximum atomic E-state index is 5.46. The molecule has 1 atom stereocenters. The van der Waals surface area contributed by atoms with Gasteiger partial charge in [0.1, 0.15) is 5.82 Å². The number of nitrogens with zero attached hydrogens (tertiary/aromatic N) is 4. The quantitative estimate of drug-likeness (QED) is 0.711. The number of nitrogens with one attached hydrogen (secondary N) is 2. The Morgan fingerprint density at radius 3 is 2.86 bits per heavy atom. The summed E-state index contributed by atoms with van der Waals surface area (Å²) in [6.07, 6.45) is 4.06. The molecule has 152 valence electrons. The van der Waals surface area contributed by atoms with Crippen LogP contribution in [0.15, 0.2) is 30.5 Å². The Balaban J connectivity index is 1.37. The molecule has 0 bridgehead atoms. The second-order valence-electron chi connectivity index (χ2n) is 8.85. The van der Waals surface area contributed by atoms with Crippen molar-refractivity contribution in [3.63, 3.8) is 0 Å². The lowest BCUT2D eigenvalue weighted by Crippen LogP contribution is -2.39. The van der Waals surface area contributed by atoms with Crippen LogP contribution in [0.1, 0.15) is 43.4 Å². The third-order valence-corrected chi connectivity index (χ3v) is 5.91. The summed E-state index contributed by atoms with van der Waals surface area (Å²) < 4.78 is 5.46. The van der Waals surface area contributed by atoms with Gasteiger partial charge in [0.15, 0.2) is 0 Å². The summed E-state index contributed by atoms with van der Waals surface area (Å²) >= 11 is 0. The number of aromatic amines is 1. The molecule has 1 saturated heterocycles. The van der Waals surface area contributed by atoms with Crippen LogP contribution in [0.25, 0.3) is 11.0 Å². The van der Waals surface area contributed by atoms with Crippen LogP contribution in [-0.2, 0) is 17.7 Å². The Hall–Kier alpha value is -2.51. The maximum Gasteiger partial charge on any atom is 0.225 e. The van der Waals surface area contributed by atoms with Crippen LogP contribution >= 0.6 is 0 Å². The smallest absolute Gasteiger partial charge is 0.225 e. The number of hydrogen-bond donors (Lipinski definition) is 2. The van der Waals surface area contributed by atoms with E-state index in [0.717, 1.165) is 62.0 Å². The molecule has 2 aromatic heterocycles. The van der Waals surface area contributed by atoms with Crippen LogP contribution in [0.3, 0.4) is 0 Å². The van der Waals surface area contributed by atoms with Gasteiger partial charge in [0, 0.05) is 30.9 Å². The molecule has 0 amide bonds. The van der Waals surface area contributed by atoms with Gasteiger partial charge in [-0.2, -0.15) is 0 Å². The van der Waals surface area contributed by atoms with Gasteiger partial charge in [0.25, 0.3) is 0 Å². The number of aromatic nitrogens is 4. The van der Waals surface area contributed by atoms with Gasteiger partial charge in [0.05, 0.1) is 36.5 Å². The fourth-order valence-corrected chi connectivity index (χ4v) is 4.44. The molecule has 0 saturated carbocycles. The first-order valence-corrected chi connectivity index (χ1v) is 10.4. The Morgan fingerprint density at radius 1 is 1.21 bits per heavy atom. The highest BCUT2D eigenvalue weighted by Crippen LogP contribution is 2.40. The number of H-pyrrole nitrogens is 1. The van der Waals surface area contributed by atoms with Gasteiger partial charge in [0.2, 0.25) is 5.95 Å². The predicted molar refractivity (Wildman–Crippen MR) is 113 cm³/mol. The predicted octanol–water partition coefficient (Wildman–Crippen LogP) is 2.99. The van der Waals surface area contributed by atoms with E-state index in [-0.39, 0.29) is 11.5 Å². The van der Waals surface area contributed by atoms with Crippen LogP contribution in [0.2, 0.25) is 0 Å². The molecule has 1 aliphatic carbocycles. The number of rotatable bonds is 4. The molecule has 1 fully saturated rings. The summed E-state index contributed by atoms with van der Waals surface area (Å²) in [5.74, 6) is 1.79. The molecule has 29 heavy (non-hydrogen) atoms. The highest BCUT2D eigenvalue weighted by atomic mass is 16.5. The van der Waals surface area contributed by atoms with Crippen LogP contribution in [0.4, 0.5) is 5.95 Å². The van der Waals surface area contributed by atoms with Crippen LogP contribution in [-0.4, -0.2) is 46.2 Å². The van der Waals surface area contributed by atoms with E-state index in [9.17, 15) is 0 Å². The fourth-order valence-electron chi connectivity index (χ4n) is 4.44. The first-order valence-electron chi connectivity index (χ1n) is 10.4. The summed E-state index contributed by atoms with van der Waals surface area (Å²) in [6.45, 7) is 8.54. The highest BCUT2D eigenvalue weighted by molar-refractivity contribution is 5.74. The molecule has 2 aliphatic rings. The largest absolute Gasteiger partial charge is 0.378 e. The molecule has 1 unspecified atom stereocenters. The first kappa shape index (κ1) is 18.5. The molecule has 0 spiro atoms. The number of benzene rings is 1. The molecule has 0 radical (unpaired) electrons. The van der Waals surface area contributed by atoms with E-state index < -0.39 is 0 Å². The van der Waals surface area contributed by atoms with Gasteiger partial charge >= 0.3 is 0 Å². The average Bonchev–Trinajstić information content (AvgIpc) is 3.14. The van der Waals surface area contributed by atoms with Crippen molar-refractivity contribution in [3.05, 3.63) is 47.5 Å². The van der Waals surface area contributed by atoms with Crippen molar-refractivity contribution in [3.8, 4) is 0 Å². The summed E-state index contributed by atoms with van der Waals surface area (Å²) in [4.78, 5) is 20.0. The molecule has 1 aromatic carbocycles. The summed E-state index contributed by atoms with van der Waals surface area (Å²) in [5, 5.41) is 3.70. The zero-order chi connectivity index (χ0) is 19.8. The van der Waals surface area contributed by atoms with Crippen LogP contribution < -0.4 is 10.2 Å². The third-order valence-electron chi connectivity index (χ3n) is 5.91. The Morgan fingerprint density at radius 2 is 2.03 bits per heavy atom. The fraction of sp³-hybridized carbons (Fsp3) is 0.500. The number of hydrogen-bond acceptors (Lipinski definition) is 6. The normalized spacial score (nSPS) is 21.3. The van der Waals surface area contributed by atoms with E-state index in [1.807, 2.05) is 24.4 Å². The lowest BCUT2D eigenvalue weighted by Gasteiger charge is -2.37. The lowest BCUT2D eigenvalue weighted by molar-refractivity contribution is 0.122. The molecular formula is C22H28N6O. The molecule has 3 heterocycles.